The summed E-state index contributed by atoms with van der Waals surface area (Å²) in [7, 11) is 0. The molecule has 1 saturated heterocycles. The summed E-state index contributed by atoms with van der Waals surface area (Å²) in [6.07, 6.45) is 1.70. The van der Waals surface area contributed by atoms with E-state index in [0.717, 1.165) is 35.1 Å². The minimum atomic E-state index is -0.00937. The van der Waals surface area contributed by atoms with Gasteiger partial charge in [0.2, 0.25) is 0 Å². The summed E-state index contributed by atoms with van der Waals surface area (Å²) in [5.74, 6) is 1.21. The smallest absolute Gasteiger partial charge is 0.289 e. The van der Waals surface area contributed by atoms with Crippen LogP contribution < -0.4 is 5.73 Å². The fourth-order valence-electron chi connectivity index (χ4n) is 3.15. The van der Waals surface area contributed by atoms with Gasteiger partial charge in [-0.25, -0.2) is 0 Å². The van der Waals surface area contributed by atoms with Gasteiger partial charge in [0.1, 0.15) is 5.58 Å². The number of rotatable bonds is 4. The quantitative estimate of drug-likeness (QED) is 0.692. The van der Waals surface area contributed by atoms with Crippen molar-refractivity contribution in [2.45, 2.75) is 28.8 Å². The number of amides is 1. The molecule has 3 aromatic rings. The molecular weight excluding hydrogens is 352 g/mol. The average Bonchev–Trinajstić information content (AvgIpc) is 3.27. The minimum absolute atomic E-state index is 0.00937. The van der Waals surface area contributed by atoms with Gasteiger partial charge in [-0.05, 0) is 30.4 Å². The largest absolute Gasteiger partial charge is 0.451 e. The first-order valence-corrected chi connectivity index (χ1v) is 10.3. The lowest BCUT2D eigenvalue weighted by molar-refractivity contribution is 0.0684. The Morgan fingerprint density at radius 3 is 2.80 bits per heavy atom. The van der Waals surface area contributed by atoms with Gasteiger partial charge in [-0.15, -0.1) is 23.1 Å². The van der Waals surface area contributed by atoms with Gasteiger partial charge < -0.3 is 15.1 Å². The molecule has 3 heterocycles. The number of fused-ring (bicyclic) bond motifs is 1. The van der Waals surface area contributed by atoms with E-state index in [4.69, 9.17) is 10.2 Å². The minimum Gasteiger partial charge on any atom is -0.451 e. The molecule has 2 aromatic heterocycles. The van der Waals surface area contributed by atoms with E-state index in [9.17, 15) is 4.79 Å². The number of furan rings is 1. The Bertz CT molecular complexity index is 865. The van der Waals surface area contributed by atoms with E-state index < -0.39 is 0 Å². The lowest BCUT2D eigenvalue weighted by Gasteiger charge is -2.29. The van der Waals surface area contributed by atoms with E-state index in [1.54, 1.807) is 23.1 Å². The molecule has 0 bridgehead atoms. The lowest BCUT2D eigenvalue weighted by Crippen LogP contribution is -2.42. The molecular formula is C19H20N2O2S2. The van der Waals surface area contributed by atoms with Crippen molar-refractivity contribution in [2.24, 2.45) is 5.73 Å². The van der Waals surface area contributed by atoms with Crippen LogP contribution >= 0.6 is 23.1 Å². The summed E-state index contributed by atoms with van der Waals surface area (Å²) in [6.45, 7) is 1.41. The van der Waals surface area contributed by atoms with Crippen LogP contribution in [0, 0.1) is 0 Å². The van der Waals surface area contributed by atoms with E-state index in [1.165, 1.54) is 4.21 Å². The predicted octanol–water partition coefficient (Wildman–Crippen LogP) is 4.35. The molecule has 1 aliphatic heterocycles. The first-order chi connectivity index (χ1) is 12.2. The number of carbonyl (C=O) groups is 1. The van der Waals surface area contributed by atoms with Gasteiger partial charge >= 0.3 is 0 Å². The van der Waals surface area contributed by atoms with Crippen LogP contribution in [0.1, 0.15) is 29.0 Å². The number of nitrogens with zero attached hydrogens (tertiary/aromatic N) is 1. The molecule has 0 atom stereocenters. The number of hydrogen-bond donors (Lipinski definition) is 1. The van der Waals surface area contributed by atoms with Crippen LogP contribution in [-0.2, 0) is 5.75 Å². The number of hydrogen-bond acceptors (Lipinski definition) is 5. The molecule has 1 amide bonds. The summed E-state index contributed by atoms with van der Waals surface area (Å²) in [5.41, 5.74) is 7.74. The molecule has 130 valence electrons. The molecule has 0 saturated carbocycles. The Kier molecular flexibility index (Phi) is 4.83. The van der Waals surface area contributed by atoms with E-state index in [2.05, 4.69) is 11.4 Å². The summed E-state index contributed by atoms with van der Waals surface area (Å²) >= 11 is 3.46. The fourth-order valence-corrected chi connectivity index (χ4v) is 4.96. The summed E-state index contributed by atoms with van der Waals surface area (Å²) in [4.78, 5) is 14.9. The van der Waals surface area contributed by atoms with Gasteiger partial charge in [-0.3, -0.25) is 4.79 Å². The molecule has 1 aromatic carbocycles. The Morgan fingerprint density at radius 1 is 1.24 bits per heavy atom. The van der Waals surface area contributed by atoms with Gasteiger partial charge in [-0.1, -0.05) is 24.3 Å². The number of thioether (sulfide) groups is 1. The molecule has 25 heavy (non-hydrogen) atoms. The highest BCUT2D eigenvalue weighted by Gasteiger charge is 2.27. The summed E-state index contributed by atoms with van der Waals surface area (Å²) < 4.78 is 7.22. The van der Waals surface area contributed by atoms with Crippen molar-refractivity contribution in [2.75, 3.05) is 13.1 Å². The zero-order valence-electron chi connectivity index (χ0n) is 13.8. The van der Waals surface area contributed by atoms with Crippen LogP contribution in [0.4, 0.5) is 0 Å². The standard InChI is InChI=1S/C19H20N2O2S2/c20-13-7-9-21(10-8-13)19(22)18-15(12-25-17-6-3-11-24-17)14-4-1-2-5-16(14)23-18/h1-6,11,13H,7-10,12,20H2. The third-order valence-electron chi connectivity index (χ3n) is 4.57. The molecule has 0 radical (unpaired) electrons. The normalized spacial score (nSPS) is 15.8. The molecule has 6 heteroatoms. The monoisotopic (exact) mass is 372 g/mol. The summed E-state index contributed by atoms with van der Waals surface area (Å²) in [5, 5.41) is 3.10. The maximum atomic E-state index is 13.0. The van der Waals surface area contributed by atoms with Crippen molar-refractivity contribution in [1.29, 1.82) is 0 Å². The fraction of sp³-hybridized carbons (Fsp3) is 0.316. The van der Waals surface area contributed by atoms with Gasteiger partial charge in [0.05, 0.1) is 4.21 Å². The van der Waals surface area contributed by atoms with Crippen LogP contribution in [0.25, 0.3) is 11.0 Å². The highest BCUT2D eigenvalue weighted by atomic mass is 32.2. The highest BCUT2D eigenvalue weighted by molar-refractivity contribution is 8.00. The Labute approximate surface area is 155 Å². The SMILES string of the molecule is NC1CCN(C(=O)c2oc3ccccc3c2CSc2cccs2)CC1. The first-order valence-electron chi connectivity index (χ1n) is 8.44. The zero-order chi connectivity index (χ0) is 17.2. The second-order valence-corrected chi connectivity index (χ2v) is 8.48. The van der Waals surface area contributed by atoms with Crippen molar-refractivity contribution >= 4 is 40.0 Å². The van der Waals surface area contributed by atoms with Gasteiger partial charge in [0.25, 0.3) is 5.91 Å². The van der Waals surface area contributed by atoms with Crippen molar-refractivity contribution in [3.05, 3.63) is 53.1 Å². The van der Waals surface area contributed by atoms with Crippen molar-refractivity contribution < 1.29 is 9.21 Å². The molecule has 0 aliphatic carbocycles. The van der Waals surface area contributed by atoms with E-state index in [0.29, 0.717) is 18.8 Å². The topological polar surface area (TPSA) is 59.5 Å². The van der Waals surface area contributed by atoms with E-state index in [1.807, 2.05) is 35.2 Å². The predicted molar refractivity (Wildman–Crippen MR) is 103 cm³/mol. The number of nitrogens with two attached hydrogens (primary N) is 1. The molecule has 1 aliphatic rings. The highest BCUT2D eigenvalue weighted by Crippen LogP contribution is 2.34. The van der Waals surface area contributed by atoms with E-state index in [-0.39, 0.29) is 11.9 Å². The number of para-hydroxylation sites is 1. The van der Waals surface area contributed by atoms with Gasteiger partial charge in [0, 0.05) is 35.8 Å². The molecule has 4 nitrogen and oxygen atoms in total. The second kappa shape index (κ2) is 7.23. The van der Waals surface area contributed by atoms with Crippen molar-refractivity contribution in [1.82, 2.24) is 4.90 Å². The van der Waals surface area contributed by atoms with Crippen LogP contribution in [0.5, 0.6) is 0 Å². The van der Waals surface area contributed by atoms with Gasteiger partial charge in [0.15, 0.2) is 5.76 Å². The van der Waals surface area contributed by atoms with E-state index >= 15 is 0 Å². The van der Waals surface area contributed by atoms with Gasteiger partial charge in [-0.2, -0.15) is 0 Å². The van der Waals surface area contributed by atoms with Crippen LogP contribution in [0.3, 0.4) is 0 Å². The second-order valence-electron chi connectivity index (χ2n) is 6.26. The zero-order valence-corrected chi connectivity index (χ0v) is 15.4. The van der Waals surface area contributed by atoms with Crippen LogP contribution in [0.15, 0.2) is 50.4 Å². The Hall–Kier alpha value is -1.76. The number of thiophene rings is 1. The van der Waals surface area contributed by atoms with Crippen molar-refractivity contribution in [3.63, 3.8) is 0 Å². The summed E-state index contributed by atoms with van der Waals surface area (Å²) in [6, 6.07) is 12.2. The molecule has 0 unspecified atom stereocenters. The van der Waals surface area contributed by atoms with Crippen LogP contribution in [-0.4, -0.2) is 29.9 Å². The number of likely N-dealkylation sites (tertiary alicyclic amines) is 1. The molecule has 2 N–H and O–H groups in total. The number of piperidine rings is 1. The maximum absolute atomic E-state index is 13.0. The molecule has 0 spiro atoms. The number of benzene rings is 1. The van der Waals surface area contributed by atoms with Crippen LogP contribution in [0.2, 0.25) is 0 Å². The Balaban J connectivity index is 1.64. The first kappa shape index (κ1) is 16.7. The lowest BCUT2D eigenvalue weighted by atomic mass is 10.1. The maximum Gasteiger partial charge on any atom is 0.289 e. The Morgan fingerprint density at radius 2 is 2.04 bits per heavy atom. The molecule has 1 fully saturated rings. The third kappa shape index (κ3) is 3.47. The molecule has 4 rings (SSSR count). The number of carbonyl (C=O) groups excluding carboxylic acids is 1. The third-order valence-corrected chi connectivity index (χ3v) is 6.73. The average molecular weight is 373 g/mol. The van der Waals surface area contributed by atoms with Crippen molar-refractivity contribution in [3.8, 4) is 0 Å².